The topological polar surface area (TPSA) is 41.6 Å². The molecule has 2 aliphatic heterocycles. The molecule has 0 spiro atoms. The summed E-state index contributed by atoms with van der Waals surface area (Å²) in [7, 11) is 0. The lowest BCUT2D eigenvalue weighted by molar-refractivity contribution is -0.132. The largest absolute Gasteiger partial charge is 0.379 e. The minimum absolute atomic E-state index is 0.0133. The van der Waals surface area contributed by atoms with Crippen molar-refractivity contribution >= 4 is 5.91 Å². The van der Waals surface area contributed by atoms with Gasteiger partial charge in [0, 0.05) is 6.61 Å². The predicted molar refractivity (Wildman–Crippen MR) is 57.3 cm³/mol. The number of nitrogens with zero attached hydrogens (tertiary/aromatic N) is 1. The van der Waals surface area contributed by atoms with Gasteiger partial charge in [0.1, 0.15) is 0 Å². The Morgan fingerprint density at radius 2 is 2.27 bits per heavy atom. The third kappa shape index (κ3) is 1.88. The Morgan fingerprint density at radius 1 is 1.53 bits per heavy atom. The summed E-state index contributed by atoms with van der Waals surface area (Å²) in [5, 5.41) is 3.35. The Hall–Kier alpha value is -0.610. The zero-order chi connectivity index (χ0) is 11.0. The van der Waals surface area contributed by atoms with E-state index in [1.807, 2.05) is 4.90 Å². The molecule has 0 radical (unpaired) electrons. The zero-order valence-electron chi connectivity index (χ0n) is 9.69. The molecule has 2 heterocycles. The number of carbonyl (C=O) groups is 1. The highest BCUT2D eigenvalue weighted by Gasteiger charge is 2.42. The van der Waals surface area contributed by atoms with Gasteiger partial charge < -0.3 is 9.64 Å². The van der Waals surface area contributed by atoms with Crippen molar-refractivity contribution in [3.8, 4) is 0 Å². The first-order chi connectivity index (χ1) is 7.11. The number of amides is 1. The Morgan fingerprint density at radius 3 is 2.73 bits per heavy atom. The van der Waals surface area contributed by atoms with Crippen molar-refractivity contribution in [3.63, 3.8) is 0 Å². The molecule has 0 saturated carbocycles. The van der Waals surface area contributed by atoms with Crippen LogP contribution >= 0.6 is 0 Å². The summed E-state index contributed by atoms with van der Waals surface area (Å²) in [5.41, 5.74) is 0. The molecule has 4 nitrogen and oxygen atoms in total. The molecular formula is C11H20N2O2. The normalized spacial score (nSPS) is 36.9. The lowest BCUT2D eigenvalue weighted by atomic mass is 10.0. The maximum atomic E-state index is 12.2. The van der Waals surface area contributed by atoms with E-state index in [-0.39, 0.29) is 24.2 Å². The van der Waals surface area contributed by atoms with Gasteiger partial charge in [0.25, 0.3) is 0 Å². The molecule has 0 aromatic carbocycles. The minimum atomic E-state index is -0.0133. The van der Waals surface area contributed by atoms with Crippen molar-refractivity contribution in [2.75, 3.05) is 13.2 Å². The van der Waals surface area contributed by atoms with Gasteiger partial charge in [-0.15, -0.1) is 0 Å². The van der Waals surface area contributed by atoms with Gasteiger partial charge >= 0.3 is 0 Å². The van der Waals surface area contributed by atoms with E-state index < -0.39 is 0 Å². The summed E-state index contributed by atoms with van der Waals surface area (Å²) in [6.45, 7) is 7.70. The van der Waals surface area contributed by atoms with E-state index >= 15 is 0 Å². The molecule has 4 heteroatoms. The molecule has 2 fully saturated rings. The van der Waals surface area contributed by atoms with Crippen LogP contribution in [-0.4, -0.2) is 42.3 Å². The molecular weight excluding hydrogens is 192 g/mol. The maximum Gasteiger partial charge on any atom is 0.241 e. The Bertz CT molecular complexity index is 249. The first kappa shape index (κ1) is 10.9. The van der Waals surface area contributed by atoms with Gasteiger partial charge in [0.15, 0.2) is 0 Å². The van der Waals surface area contributed by atoms with Crippen molar-refractivity contribution in [1.29, 1.82) is 0 Å². The molecule has 2 rings (SSSR count). The number of hydrogen-bond acceptors (Lipinski definition) is 3. The van der Waals surface area contributed by atoms with Crippen molar-refractivity contribution in [2.24, 2.45) is 5.92 Å². The average Bonchev–Trinajstić information content (AvgIpc) is 2.73. The standard InChI is InChI=1S/C11H20N2O2/c1-7(2)10-11(14)13(8(3)12-10)9-4-5-15-6-9/h7-10,12H,4-6H2,1-3H3. The molecule has 1 amide bonds. The van der Waals surface area contributed by atoms with Gasteiger partial charge in [0.2, 0.25) is 5.91 Å². The highest BCUT2D eigenvalue weighted by atomic mass is 16.5. The SMILES string of the molecule is CC(C)C1NC(C)N(C2CCOC2)C1=O. The molecule has 3 unspecified atom stereocenters. The molecule has 0 aromatic heterocycles. The highest BCUT2D eigenvalue weighted by molar-refractivity contribution is 5.84. The summed E-state index contributed by atoms with van der Waals surface area (Å²) < 4.78 is 5.34. The van der Waals surface area contributed by atoms with Gasteiger partial charge in [-0.2, -0.15) is 0 Å². The van der Waals surface area contributed by atoms with E-state index in [1.165, 1.54) is 0 Å². The summed E-state index contributed by atoms with van der Waals surface area (Å²) in [4.78, 5) is 14.1. The first-order valence-electron chi connectivity index (χ1n) is 5.77. The molecule has 3 atom stereocenters. The van der Waals surface area contributed by atoms with Crippen LogP contribution in [0.2, 0.25) is 0 Å². The van der Waals surface area contributed by atoms with E-state index in [9.17, 15) is 4.79 Å². The highest BCUT2D eigenvalue weighted by Crippen LogP contribution is 2.23. The van der Waals surface area contributed by atoms with Crippen LogP contribution in [0.3, 0.4) is 0 Å². The molecule has 0 aliphatic carbocycles. The first-order valence-corrected chi connectivity index (χ1v) is 5.77. The molecule has 2 aliphatic rings. The fraction of sp³-hybridized carbons (Fsp3) is 0.909. The smallest absolute Gasteiger partial charge is 0.241 e. The molecule has 1 N–H and O–H groups in total. The average molecular weight is 212 g/mol. The van der Waals surface area contributed by atoms with E-state index in [0.29, 0.717) is 12.5 Å². The number of ether oxygens (including phenoxy) is 1. The monoisotopic (exact) mass is 212 g/mol. The lowest BCUT2D eigenvalue weighted by Crippen LogP contribution is -2.43. The van der Waals surface area contributed by atoms with Gasteiger partial charge in [-0.05, 0) is 19.3 Å². The van der Waals surface area contributed by atoms with Crippen LogP contribution in [0.15, 0.2) is 0 Å². The lowest BCUT2D eigenvalue weighted by Gasteiger charge is -2.26. The van der Waals surface area contributed by atoms with Gasteiger partial charge in [0.05, 0.1) is 24.9 Å². The second-order valence-corrected chi connectivity index (χ2v) is 4.83. The van der Waals surface area contributed by atoms with Crippen LogP contribution in [0.1, 0.15) is 27.2 Å². The van der Waals surface area contributed by atoms with E-state index in [4.69, 9.17) is 4.74 Å². The van der Waals surface area contributed by atoms with Crippen LogP contribution in [-0.2, 0) is 9.53 Å². The summed E-state index contributed by atoms with van der Waals surface area (Å²) in [6, 6.07) is 0.268. The number of hydrogen-bond donors (Lipinski definition) is 1. The Kier molecular flexibility index (Phi) is 2.98. The molecule has 86 valence electrons. The van der Waals surface area contributed by atoms with E-state index in [2.05, 4.69) is 26.1 Å². The van der Waals surface area contributed by atoms with Crippen LogP contribution in [0, 0.1) is 5.92 Å². The van der Waals surface area contributed by atoms with Crippen molar-refractivity contribution in [3.05, 3.63) is 0 Å². The number of carbonyl (C=O) groups excluding carboxylic acids is 1. The van der Waals surface area contributed by atoms with Gasteiger partial charge in [-0.1, -0.05) is 13.8 Å². The Balaban J connectivity index is 2.08. The Labute approximate surface area is 91.0 Å². The summed E-state index contributed by atoms with van der Waals surface area (Å²) >= 11 is 0. The van der Waals surface area contributed by atoms with Crippen LogP contribution < -0.4 is 5.32 Å². The molecule has 0 bridgehead atoms. The van der Waals surface area contributed by atoms with Crippen molar-refractivity contribution in [1.82, 2.24) is 10.2 Å². The predicted octanol–water partition coefficient (Wildman–Crippen LogP) is 0.578. The van der Waals surface area contributed by atoms with Crippen molar-refractivity contribution < 1.29 is 9.53 Å². The number of rotatable bonds is 2. The van der Waals surface area contributed by atoms with Gasteiger partial charge in [-0.25, -0.2) is 0 Å². The quantitative estimate of drug-likeness (QED) is 0.728. The third-order valence-corrected chi connectivity index (χ3v) is 3.32. The van der Waals surface area contributed by atoms with E-state index in [1.54, 1.807) is 0 Å². The molecule has 15 heavy (non-hydrogen) atoms. The zero-order valence-corrected chi connectivity index (χ0v) is 9.69. The van der Waals surface area contributed by atoms with Crippen LogP contribution in [0.25, 0.3) is 0 Å². The fourth-order valence-electron chi connectivity index (χ4n) is 2.48. The second-order valence-electron chi connectivity index (χ2n) is 4.83. The van der Waals surface area contributed by atoms with E-state index in [0.717, 1.165) is 13.0 Å². The number of nitrogens with one attached hydrogen (secondary N) is 1. The summed E-state index contributed by atoms with van der Waals surface area (Å²) in [6.07, 6.45) is 1.12. The second kappa shape index (κ2) is 4.10. The van der Waals surface area contributed by atoms with Crippen LogP contribution in [0.4, 0.5) is 0 Å². The molecule has 2 saturated heterocycles. The third-order valence-electron chi connectivity index (χ3n) is 3.32. The van der Waals surface area contributed by atoms with Gasteiger partial charge in [-0.3, -0.25) is 10.1 Å². The maximum absolute atomic E-state index is 12.2. The van der Waals surface area contributed by atoms with Crippen molar-refractivity contribution in [2.45, 2.75) is 45.4 Å². The van der Waals surface area contributed by atoms with Crippen LogP contribution in [0.5, 0.6) is 0 Å². The minimum Gasteiger partial charge on any atom is -0.379 e. The molecule has 0 aromatic rings. The summed E-state index contributed by atoms with van der Waals surface area (Å²) in [5.74, 6) is 0.597. The fourth-order valence-corrected chi connectivity index (χ4v) is 2.48.